The van der Waals surface area contributed by atoms with Gasteiger partial charge in [-0.2, -0.15) is 0 Å². The molecule has 0 aromatic heterocycles. The number of hydrogen-bond donors (Lipinski definition) is 1. The second kappa shape index (κ2) is 6.91. The molecule has 3 nitrogen and oxygen atoms in total. The molecule has 0 radical (unpaired) electrons. The molecule has 0 unspecified atom stereocenters. The lowest BCUT2D eigenvalue weighted by Gasteiger charge is -2.31. The molecule has 1 amide bonds. The third kappa shape index (κ3) is 3.28. The van der Waals surface area contributed by atoms with E-state index in [-0.39, 0.29) is 11.9 Å². The Hall–Kier alpha value is -2.29. The lowest BCUT2D eigenvalue weighted by molar-refractivity contribution is -0.123. The molecule has 2 aromatic rings. The standard InChI is InChI=1S/C22H26N2O/c1-16-10-12-18(13-11-16)21(22(25)23-19-7-3-4-8-19)24-15-14-17-6-2-5-9-20(17)24/h2,5-6,9-13,19,21H,3-4,7-8,14-15H2,1H3,(H,23,25)/t21-/m0/s1. The lowest BCUT2D eigenvalue weighted by atomic mass is 10.0. The normalized spacial score (nSPS) is 18.2. The van der Waals surface area contributed by atoms with E-state index in [1.165, 1.54) is 29.7 Å². The Morgan fingerprint density at radius 3 is 2.56 bits per heavy atom. The molecule has 0 saturated heterocycles. The van der Waals surface area contributed by atoms with Crippen molar-refractivity contribution in [3.05, 3.63) is 65.2 Å². The average Bonchev–Trinajstić information content (AvgIpc) is 3.27. The zero-order valence-corrected chi connectivity index (χ0v) is 14.9. The van der Waals surface area contributed by atoms with E-state index in [0.717, 1.165) is 31.4 Å². The fourth-order valence-electron chi connectivity index (χ4n) is 4.20. The Bertz CT molecular complexity index is 747. The first-order chi connectivity index (χ1) is 12.2. The highest BCUT2D eigenvalue weighted by Crippen LogP contribution is 2.35. The van der Waals surface area contributed by atoms with Gasteiger partial charge in [0.05, 0.1) is 0 Å². The zero-order valence-electron chi connectivity index (χ0n) is 14.9. The molecule has 4 rings (SSSR count). The van der Waals surface area contributed by atoms with Gasteiger partial charge in [0.25, 0.3) is 0 Å². The summed E-state index contributed by atoms with van der Waals surface area (Å²) in [6.45, 7) is 2.98. The van der Waals surface area contributed by atoms with E-state index in [9.17, 15) is 4.79 Å². The van der Waals surface area contributed by atoms with Crippen molar-refractivity contribution in [3.8, 4) is 0 Å². The first-order valence-corrected chi connectivity index (χ1v) is 9.44. The number of nitrogens with zero attached hydrogens (tertiary/aromatic N) is 1. The van der Waals surface area contributed by atoms with Crippen LogP contribution in [0.1, 0.15) is 48.4 Å². The Morgan fingerprint density at radius 2 is 1.80 bits per heavy atom. The monoisotopic (exact) mass is 334 g/mol. The first kappa shape index (κ1) is 16.2. The number of carbonyl (C=O) groups excluding carboxylic acids is 1. The number of anilines is 1. The van der Waals surface area contributed by atoms with Gasteiger partial charge >= 0.3 is 0 Å². The minimum absolute atomic E-state index is 0.146. The molecule has 2 aromatic carbocycles. The van der Waals surface area contributed by atoms with Gasteiger partial charge in [0.2, 0.25) is 5.91 Å². The fourth-order valence-corrected chi connectivity index (χ4v) is 4.20. The van der Waals surface area contributed by atoms with Gasteiger partial charge in [0.1, 0.15) is 6.04 Å². The molecule has 1 heterocycles. The number of benzene rings is 2. The van der Waals surface area contributed by atoms with Crippen LogP contribution in [0.25, 0.3) is 0 Å². The minimum Gasteiger partial charge on any atom is -0.355 e. The largest absolute Gasteiger partial charge is 0.355 e. The predicted octanol–water partition coefficient (Wildman–Crippen LogP) is 4.16. The van der Waals surface area contributed by atoms with Crippen molar-refractivity contribution in [2.75, 3.05) is 11.4 Å². The molecule has 1 N–H and O–H groups in total. The molecule has 2 aliphatic rings. The maximum absolute atomic E-state index is 13.2. The Morgan fingerprint density at radius 1 is 1.08 bits per heavy atom. The van der Waals surface area contributed by atoms with E-state index in [1.54, 1.807) is 0 Å². The topological polar surface area (TPSA) is 32.3 Å². The SMILES string of the molecule is Cc1ccc([C@@H](C(=O)NC2CCCC2)N2CCc3ccccc32)cc1. The first-order valence-electron chi connectivity index (χ1n) is 9.44. The molecule has 1 saturated carbocycles. The lowest BCUT2D eigenvalue weighted by Crippen LogP contribution is -2.43. The summed E-state index contributed by atoms with van der Waals surface area (Å²) >= 11 is 0. The number of nitrogens with one attached hydrogen (secondary N) is 1. The molecule has 3 heteroatoms. The number of amides is 1. The summed E-state index contributed by atoms with van der Waals surface area (Å²) in [7, 11) is 0. The number of hydrogen-bond acceptors (Lipinski definition) is 2. The van der Waals surface area contributed by atoms with Gasteiger partial charge in [0.15, 0.2) is 0 Å². The Kier molecular flexibility index (Phi) is 4.48. The molecule has 1 fully saturated rings. The number of para-hydroxylation sites is 1. The van der Waals surface area contributed by atoms with E-state index < -0.39 is 0 Å². The molecule has 0 bridgehead atoms. The van der Waals surface area contributed by atoms with Crippen LogP contribution in [-0.4, -0.2) is 18.5 Å². The van der Waals surface area contributed by atoms with E-state index >= 15 is 0 Å². The van der Waals surface area contributed by atoms with Crippen LogP contribution in [0.5, 0.6) is 0 Å². The van der Waals surface area contributed by atoms with Crippen LogP contribution in [0.4, 0.5) is 5.69 Å². The average molecular weight is 334 g/mol. The number of fused-ring (bicyclic) bond motifs is 1. The zero-order chi connectivity index (χ0) is 17.2. The molecule has 0 spiro atoms. The van der Waals surface area contributed by atoms with Gasteiger partial charge in [-0.3, -0.25) is 4.79 Å². The van der Waals surface area contributed by atoms with Crippen molar-refractivity contribution in [2.45, 2.75) is 51.1 Å². The van der Waals surface area contributed by atoms with Gasteiger partial charge < -0.3 is 10.2 Å². The van der Waals surface area contributed by atoms with Crippen LogP contribution in [0.3, 0.4) is 0 Å². The van der Waals surface area contributed by atoms with Crippen LogP contribution in [-0.2, 0) is 11.2 Å². The predicted molar refractivity (Wildman–Crippen MR) is 102 cm³/mol. The Balaban J connectivity index is 1.66. The van der Waals surface area contributed by atoms with Crippen molar-refractivity contribution in [1.29, 1.82) is 0 Å². The second-order valence-corrected chi connectivity index (χ2v) is 7.38. The van der Waals surface area contributed by atoms with Crippen LogP contribution < -0.4 is 10.2 Å². The highest BCUT2D eigenvalue weighted by molar-refractivity contribution is 5.87. The van der Waals surface area contributed by atoms with Gasteiger partial charge in [-0.1, -0.05) is 60.9 Å². The molecule has 25 heavy (non-hydrogen) atoms. The van der Waals surface area contributed by atoms with Crippen molar-refractivity contribution in [3.63, 3.8) is 0 Å². The molecule has 130 valence electrons. The molecule has 1 atom stereocenters. The van der Waals surface area contributed by atoms with E-state index in [1.807, 2.05) is 0 Å². The van der Waals surface area contributed by atoms with Gasteiger partial charge in [-0.05, 0) is 43.4 Å². The number of aryl methyl sites for hydroxylation is 1. The molecular weight excluding hydrogens is 308 g/mol. The van der Waals surface area contributed by atoms with Crippen molar-refractivity contribution >= 4 is 11.6 Å². The summed E-state index contributed by atoms with van der Waals surface area (Å²) < 4.78 is 0. The summed E-state index contributed by atoms with van der Waals surface area (Å²) in [4.78, 5) is 15.5. The third-order valence-corrected chi connectivity index (χ3v) is 5.58. The van der Waals surface area contributed by atoms with E-state index in [0.29, 0.717) is 6.04 Å². The minimum atomic E-state index is -0.246. The van der Waals surface area contributed by atoms with Gasteiger partial charge in [-0.25, -0.2) is 0 Å². The molecule has 1 aliphatic carbocycles. The van der Waals surface area contributed by atoms with E-state index in [2.05, 4.69) is 65.7 Å². The molecular formula is C22H26N2O. The van der Waals surface area contributed by atoms with E-state index in [4.69, 9.17) is 0 Å². The maximum atomic E-state index is 13.2. The van der Waals surface area contributed by atoms with Gasteiger partial charge in [0, 0.05) is 18.3 Å². The van der Waals surface area contributed by atoms with Crippen LogP contribution in [0.2, 0.25) is 0 Å². The maximum Gasteiger partial charge on any atom is 0.247 e. The molecule has 1 aliphatic heterocycles. The highest BCUT2D eigenvalue weighted by Gasteiger charge is 2.33. The quantitative estimate of drug-likeness (QED) is 0.910. The van der Waals surface area contributed by atoms with Crippen molar-refractivity contribution < 1.29 is 4.79 Å². The summed E-state index contributed by atoms with van der Waals surface area (Å²) in [6.07, 6.45) is 5.69. The summed E-state index contributed by atoms with van der Waals surface area (Å²) in [5.41, 5.74) is 4.85. The summed E-state index contributed by atoms with van der Waals surface area (Å²) in [5, 5.41) is 3.32. The number of rotatable bonds is 4. The van der Waals surface area contributed by atoms with Crippen LogP contribution in [0, 0.1) is 6.92 Å². The summed E-state index contributed by atoms with van der Waals surface area (Å²) in [6, 6.07) is 17.0. The van der Waals surface area contributed by atoms with Gasteiger partial charge in [-0.15, -0.1) is 0 Å². The highest BCUT2D eigenvalue weighted by atomic mass is 16.2. The second-order valence-electron chi connectivity index (χ2n) is 7.38. The smallest absolute Gasteiger partial charge is 0.247 e. The van der Waals surface area contributed by atoms with Crippen LogP contribution >= 0.6 is 0 Å². The summed E-state index contributed by atoms with van der Waals surface area (Å²) in [5.74, 6) is 0.146. The van der Waals surface area contributed by atoms with Crippen molar-refractivity contribution in [1.82, 2.24) is 5.32 Å². The third-order valence-electron chi connectivity index (χ3n) is 5.58. The number of carbonyl (C=O) groups is 1. The van der Waals surface area contributed by atoms with Crippen LogP contribution in [0.15, 0.2) is 48.5 Å². The Labute approximate surface area is 150 Å². The van der Waals surface area contributed by atoms with Crippen molar-refractivity contribution in [2.24, 2.45) is 0 Å². The fraction of sp³-hybridized carbons (Fsp3) is 0.409.